The van der Waals surface area contributed by atoms with E-state index in [0.29, 0.717) is 28.1 Å². The second-order valence-electron chi connectivity index (χ2n) is 7.84. The molecule has 5 nitrogen and oxygen atoms in total. The first-order valence-electron chi connectivity index (χ1n) is 11.0. The van der Waals surface area contributed by atoms with Gasteiger partial charge in [-0.05, 0) is 54.4 Å². The van der Waals surface area contributed by atoms with Crippen molar-refractivity contribution in [3.8, 4) is 5.75 Å². The van der Waals surface area contributed by atoms with Crippen LogP contribution in [0.3, 0.4) is 0 Å². The number of rotatable bonds is 6. The molecule has 0 radical (unpaired) electrons. The second-order valence-corrected chi connectivity index (χ2v) is 9.23. The average molecular weight is 488 g/mol. The molecule has 0 bridgehead atoms. The number of carbonyl (C=O) groups excluding carboxylic acids is 1. The SMILES string of the molecule is CCOc1ccc2ccccc2c1C(=O)N(Cc1ccccn1)c1nc2c(C)ccc(Cl)c2s1. The minimum absolute atomic E-state index is 0.196. The van der Waals surface area contributed by atoms with Crippen LogP contribution >= 0.6 is 22.9 Å². The maximum absolute atomic E-state index is 14.3. The summed E-state index contributed by atoms with van der Waals surface area (Å²) in [4.78, 5) is 25.2. The van der Waals surface area contributed by atoms with Crippen LogP contribution in [-0.2, 0) is 6.54 Å². The number of thiazole rings is 1. The smallest absolute Gasteiger partial charge is 0.264 e. The van der Waals surface area contributed by atoms with Crippen LogP contribution in [0.4, 0.5) is 5.13 Å². The molecule has 0 atom stereocenters. The van der Waals surface area contributed by atoms with E-state index < -0.39 is 0 Å². The molecule has 0 spiro atoms. The number of hydrogen-bond acceptors (Lipinski definition) is 5. The monoisotopic (exact) mass is 487 g/mol. The molecule has 0 aliphatic carbocycles. The van der Waals surface area contributed by atoms with E-state index in [0.717, 1.165) is 32.2 Å². The Morgan fingerprint density at radius 2 is 1.88 bits per heavy atom. The van der Waals surface area contributed by atoms with E-state index in [4.69, 9.17) is 21.3 Å². The maximum Gasteiger partial charge on any atom is 0.264 e. The fraction of sp³-hybridized carbons (Fsp3) is 0.148. The Bertz CT molecular complexity index is 1460. The molecule has 3 aromatic carbocycles. The molecule has 0 saturated carbocycles. The van der Waals surface area contributed by atoms with Crippen molar-refractivity contribution in [2.75, 3.05) is 11.5 Å². The lowest BCUT2D eigenvalue weighted by atomic mass is 10.0. The zero-order valence-electron chi connectivity index (χ0n) is 18.8. The van der Waals surface area contributed by atoms with Crippen LogP contribution in [0.1, 0.15) is 28.5 Å². The Labute approximate surface area is 206 Å². The van der Waals surface area contributed by atoms with E-state index in [1.54, 1.807) is 11.1 Å². The molecule has 2 heterocycles. The summed E-state index contributed by atoms with van der Waals surface area (Å²) in [5.41, 5.74) is 3.08. The molecule has 1 amide bonds. The van der Waals surface area contributed by atoms with Gasteiger partial charge in [-0.15, -0.1) is 0 Å². The van der Waals surface area contributed by atoms with Crippen molar-refractivity contribution in [3.05, 3.63) is 94.8 Å². The van der Waals surface area contributed by atoms with Gasteiger partial charge in [0.1, 0.15) is 5.75 Å². The number of anilines is 1. The van der Waals surface area contributed by atoms with E-state index >= 15 is 0 Å². The first kappa shape index (κ1) is 22.3. The first-order valence-corrected chi connectivity index (χ1v) is 12.2. The number of pyridine rings is 1. The zero-order chi connectivity index (χ0) is 23.7. The summed E-state index contributed by atoms with van der Waals surface area (Å²) >= 11 is 7.89. The quantitative estimate of drug-likeness (QED) is 0.257. The van der Waals surface area contributed by atoms with Gasteiger partial charge in [-0.3, -0.25) is 14.7 Å². The maximum atomic E-state index is 14.3. The number of ether oxygens (including phenoxy) is 1. The van der Waals surface area contributed by atoms with Gasteiger partial charge in [-0.25, -0.2) is 4.98 Å². The van der Waals surface area contributed by atoms with Crippen molar-refractivity contribution in [2.45, 2.75) is 20.4 Å². The van der Waals surface area contributed by atoms with Gasteiger partial charge >= 0.3 is 0 Å². The van der Waals surface area contributed by atoms with Crippen molar-refractivity contribution < 1.29 is 9.53 Å². The summed E-state index contributed by atoms with van der Waals surface area (Å²) < 4.78 is 6.76. The highest BCUT2D eigenvalue weighted by atomic mass is 35.5. The van der Waals surface area contributed by atoms with Crippen LogP contribution in [0.25, 0.3) is 21.0 Å². The van der Waals surface area contributed by atoms with Crippen LogP contribution in [0.2, 0.25) is 5.02 Å². The fourth-order valence-corrected chi connectivity index (χ4v) is 5.28. The lowest BCUT2D eigenvalue weighted by Gasteiger charge is -2.22. The highest BCUT2D eigenvalue weighted by Crippen LogP contribution is 2.38. The molecule has 0 unspecified atom stereocenters. The zero-order valence-corrected chi connectivity index (χ0v) is 20.4. The number of hydrogen-bond donors (Lipinski definition) is 0. The summed E-state index contributed by atoms with van der Waals surface area (Å²) in [5, 5.41) is 2.99. The van der Waals surface area contributed by atoms with Crippen LogP contribution in [0.5, 0.6) is 5.75 Å². The Balaban J connectivity index is 1.70. The first-order chi connectivity index (χ1) is 16.6. The summed E-state index contributed by atoms with van der Waals surface area (Å²) in [7, 11) is 0. The predicted molar refractivity (Wildman–Crippen MR) is 139 cm³/mol. The Kier molecular flexibility index (Phi) is 6.18. The molecule has 0 N–H and O–H groups in total. The standard InChI is InChI=1S/C27H22ClN3O2S/c1-3-33-22-14-12-18-8-4-5-10-20(18)23(22)26(32)31(16-19-9-6-7-15-29-19)27-30-24-17(2)11-13-21(28)25(24)34-27/h4-15H,3,16H2,1-2H3. The van der Waals surface area contributed by atoms with Crippen LogP contribution in [0.15, 0.2) is 72.9 Å². The molecule has 5 rings (SSSR count). The van der Waals surface area contributed by atoms with Crippen LogP contribution in [-0.4, -0.2) is 22.5 Å². The number of aromatic nitrogens is 2. The Morgan fingerprint density at radius 3 is 2.65 bits per heavy atom. The molecular weight excluding hydrogens is 466 g/mol. The van der Waals surface area contributed by atoms with Gasteiger partial charge in [0.15, 0.2) is 5.13 Å². The lowest BCUT2D eigenvalue weighted by Crippen LogP contribution is -2.31. The molecule has 0 aliphatic rings. The molecule has 0 fully saturated rings. The van der Waals surface area contributed by atoms with E-state index in [2.05, 4.69) is 4.98 Å². The lowest BCUT2D eigenvalue weighted by molar-refractivity contribution is 0.0983. The highest BCUT2D eigenvalue weighted by molar-refractivity contribution is 7.23. The van der Waals surface area contributed by atoms with E-state index in [1.165, 1.54) is 11.3 Å². The van der Waals surface area contributed by atoms with Crippen molar-refractivity contribution >= 4 is 55.0 Å². The van der Waals surface area contributed by atoms with E-state index in [1.807, 2.05) is 80.6 Å². The number of fused-ring (bicyclic) bond motifs is 2. The van der Waals surface area contributed by atoms with Gasteiger partial charge in [0.2, 0.25) is 0 Å². The number of carbonyl (C=O) groups is 1. The van der Waals surface area contributed by atoms with Crippen molar-refractivity contribution in [1.82, 2.24) is 9.97 Å². The average Bonchev–Trinajstić information content (AvgIpc) is 3.32. The number of nitrogens with zero attached hydrogens (tertiary/aromatic N) is 3. The Hall–Kier alpha value is -3.48. The molecule has 2 aromatic heterocycles. The number of halogens is 1. The fourth-order valence-electron chi connectivity index (χ4n) is 3.97. The molecule has 7 heteroatoms. The van der Waals surface area contributed by atoms with Gasteiger partial charge in [-0.1, -0.05) is 65.4 Å². The number of amides is 1. The van der Waals surface area contributed by atoms with E-state index in [-0.39, 0.29) is 12.5 Å². The molecular formula is C27H22ClN3O2S. The summed E-state index contributed by atoms with van der Waals surface area (Å²) in [5.74, 6) is 0.353. The third-order valence-electron chi connectivity index (χ3n) is 5.61. The van der Waals surface area contributed by atoms with Crippen molar-refractivity contribution in [1.29, 1.82) is 0 Å². The van der Waals surface area contributed by atoms with Gasteiger partial charge < -0.3 is 4.74 Å². The van der Waals surface area contributed by atoms with Gasteiger partial charge in [0, 0.05) is 6.20 Å². The summed E-state index contributed by atoms with van der Waals surface area (Å²) in [6, 6.07) is 21.1. The summed E-state index contributed by atoms with van der Waals surface area (Å²) in [6.07, 6.45) is 1.72. The molecule has 0 saturated heterocycles. The number of aryl methyl sites for hydroxylation is 1. The van der Waals surface area contributed by atoms with Gasteiger partial charge in [0.05, 0.1) is 39.6 Å². The third-order valence-corrected chi connectivity index (χ3v) is 7.15. The van der Waals surface area contributed by atoms with Crippen LogP contribution < -0.4 is 9.64 Å². The molecule has 0 aliphatic heterocycles. The predicted octanol–water partition coefficient (Wildman–Crippen LogP) is 7.05. The molecule has 5 aromatic rings. The Morgan fingerprint density at radius 1 is 1.06 bits per heavy atom. The third kappa shape index (κ3) is 4.11. The van der Waals surface area contributed by atoms with Crippen molar-refractivity contribution in [2.24, 2.45) is 0 Å². The summed E-state index contributed by atoms with van der Waals surface area (Å²) in [6.45, 7) is 4.62. The van der Waals surface area contributed by atoms with Gasteiger partial charge in [0.25, 0.3) is 5.91 Å². The minimum Gasteiger partial charge on any atom is -0.493 e. The van der Waals surface area contributed by atoms with Crippen LogP contribution in [0, 0.1) is 6.92 Å². The minimum atomic E-state index is -0.196. The molecule has 170 valence electrons. The normalized spacial score (nSPS) is 11.1. The number of benzene rings is 3. The van der Waals surface area contributed by atoms with Crippen molar-refractivity contribution in [3.63, 3.8) is 0 Å². The topological polar surface area (TPSA) is 55.3 Å². The second kappa shape index (κ2) is 9.41. The molecule has 34 heavy (non-hydrogen) atoms. The van der Waals surface area contributed by atoms with Gasteiger partial charge in [-0.2, -0.15) is 0 Å². The largest absolute Gasteiger partial charge is 0.493 e. The van der Waals surface area contributed by atoms with E-state index in [9.17, 15) is 4.79 Å². The highest BCUT2D eigenvalue weighted by Gasteiger charge is 2.27.